The zero-order valence-electron chi connectivity index (χ0n) is 10.5. The van der Waals surface area contributed by atoms with Crippen LogP contribution in [0, 0.1) is 11.3 Å². The smallest absolute Gasteiger partial charge is 0.304 e. The first-order valence-electron chi connectivity index (χ1n) is 6.19. The summed E-state index contributed by atoms with van der Waals surface area (Å²) >= 11 is 0. The molecular formula is C12H18N2O5. The molecule has 0 bridgehead atoms. The molecule has 2 heterocycles. The maximum absolute atomic E-state index is 11.2. The lowest BCUT2D eigenvalue weighted by Crippen LogP contribution is -2.44. The van der Waals surface area contributed by atoms with Crippen LogP contribution in [0.15, 0.2) is 11.8 Å². The van der Waals surface area contributed by atoms with Crippen LogP contribution in [0.1, 0.15) is 12.8 Å². The summed E-state index contributed by atoms with van der Waals surface area (Å²) in [4.78, 5) is 22.1. The quantitative estimate of drug-likeness (QED) is 0.538. The highest BCUT2D eigenvalue weighted by molar-refractivity contribution is 5.70. The third kappa shape index (κ3) is 2.87. The fourth-order valence-corrected chi connectivity index (χ4v) is 2.87. The van der Waals surface area contributed by atoms with Crippen molar-refractivity contribution in [3.8, 4) is 0 Å². The molecule has 2 aliphatic heterocycles. The standard InChI is InChI=1S/C12H18N2O5/c15-10(16)1-8-5-19-6-12(8,2-11(17)18)9-3-13-7-14-4-9/h3,8,13-14H,1-2,4-7H2,(H,15,16)(H,17,18). The Morgan fingerprint density at radius 2 is 2.21 bits per heavy atom. The van der Waals surface area contributed by atoms with E-state index in [2.05, 4.69) is 10.6 Å². The molecule has 4 N–H and O–H groups in total. The normalized spacial score (nSPS) is 30.5. The van der Waals surface area contributed by atoms with E-state index in [9.17, 15) is 9.59 Å². The maximum Gasteiger partial charge on any atom is 0.304 e. The topological polar surface area (TPSA) is 108 Å². The van der Waals surface area contributed by atoms with Gasteiger partial charge in [0.05, 0.1) is 32.7 Å². The van der Waals surface area contributed by atoms with Gasteiger partial charge in [-0.2, -0.15) is 0 Å². The summed E-state index contributed by atoms with van der Waals surface area (Å²) in [5.74, 6) is -2.18. The number of aliphatic carboxylic acids is 2. The number of carbonyl (C=O) groups is 2. The predicted octanol–water partition coefficient (Wildman–Crippen LogP) is -0.397. The maximum atomic E-state index is 11.2. The molecule has 2 unspecified atom stereocenters. The van der Waals surface area contributed by atoms with Crippen LogP contribution in [0.5, 0.6) is 0 Å². The fourth-order valence-electron chi connectivity index (χ4n) is 2.87. The zero-order valence-corrected chi connectivity index (χ0v) is 10.5. The van der Waals surface area contributed by atoms with Gasteiger partial charge >= 0.3 is 11.9 Å². The second kappa shape index (κ2) is 5.58. The molecule has 0 aromatic heterocycles. The van der Waals surface area contributed by atoms with E-state index < -0.39 is 17.4 Å². The minimum absolute atomic E-state index is 0.0788. The van der Waals surface area contributed by atoms with E-state index >= 15 is 0 Å². The van der Waals surface area contributed by atoms with Gasteiger partial charge in [-0.15, -0.1) is 0 Å². The molecule has 0 aromatic rings. The lowest BCUT2D eigenvalue weighted by atomic mass is 9.68. The summed E-state index contributed by atoms with van der Waals surface area (Å²) in [5, 5.41) is 24.3. The molecule has 2 rings (SSSR count). The molecule has 1 saturated heterocycles. The van der Waals surface area contributed by atoms with Crippen molar-refractivity contribution in [2.45, 2.75) is 12.8 Å². The minimum Gasteiger partial charge on any atom is -0.481 e. The molecule has 7 nitrogen and oxygen atoms in total. The van der Waals surface area contributed by atoms with Crippen molar-refractivity contribution in [2.24, 2.45) is 11.3 Å². The Bertz CT molecular complexity index is 409. The molecule has 2 atom stereocenters. The first-order valence-corrected chi connectivity index (χ1v) is 6.19. The molecule has 2 aliphatic rings. The molecule has 7 heteroatoms. The molecule has 0 radical (unpaired) electrons. The summed E-state index contributed by atoms with van der Waals surface area (Å²) in [6, 6.07) is 0. The Morgan fingerprint density at radius 1 is 1.42 bits per heavy atom. The van der Waals surface area contributed by atoms with Crippen molar-refractivity contribution in [1.82, 2.24) is 10.6 Å². The molecule has 0 amide bonds. The van der Waals surface area contributed by atoms with Gasteiger partial charge in [0.2, 0.25) is 0 Å². The van der Waals surface area contributed by atoms with Gasteiger partial charge in [0.25, 0.3) is 0 Å². The summed E-state index contributed by atoms with van der Waals surface area (Å²) in [6.45, 7) is 1.72. The van der Waals surface area contributed by atoms with Gasteiger partial charge in [-0.05, 0) is 11.8 Å². The molecule has 19 heavy (non-hydrogen) atoms. The largest absolute Gasteiger partial charge is 0.481 e. The number of rotatable bonds is 5. The van der Waals surface area contributed by atoms with E-state index in [0.29, 0.717) is 13.2 Å². The Labute approximate surface area is 110 Å². The summed E-state index contributed by atoms with van der Waals surface area (Å²) in [6.07, 6.45) is 1.60. The van der Waals surface area contributed by atoms with Crippen LogP contribution in [0.4, 0.5) is 0 Å². The number of ether oxygens (including phenoxy) is 1. The van der Waals surface area contributed by atoms with Gasteiger partial charge in [-0.25, -0.2) is 0 Å². The van der Waals surface area contributed by atoms with Gasteiger partial charge < -0.3 is 20.3 Å². The molecular weight excluding hydrogens is 252 g/mol. The van der Waals surface area contributed by atoms with E-state index in [4.69, 9.17) is 14.9 Å². The highest BCUT2D eigenvalue weighted by atomic mass is 16.5. The summed E-state index contributed by atoms with van der Waals surface area (Å²) in [7, 11) is 0. The molecule has 0 saturated carbocycles. The third-order valence-electron chi connectivity index (χ3n) is 3.81. The van der Waals surface area contributed by atoms with Gasteiger partial charge in [-0.1, -0.05) is 0 Å². The number of nitrogens with one attached hydrogen (secondary N) is 2. The first-order chi connectivity index (χ1) is 9.04. The van der Waals surface area contributed by atoms with Crippen LogP contribution in [-0.4, -0.2) is 48.6 Å². The lowest BCUT2D eigenvalue weighted by molar-refractivity contribution is -0.142. The summed E-state index contributed by atoms with van der Waals surface area (Å²) in [5.41, 5.74) is 0.148. The average molecular weight is 270 g/mol. The first kappa shape index (κ1) is 13.8. The van der Waals surface area contributed by atoms with Gasteiger partial charge in [0.1, 0.15) is 0 Å². The Hall–Kier alpha value is -1.60. The molecule has 106 valence electrons. The second-order valence-electron chi connectivity index (χ2n) is 5.01. The molecule has 0 spiro atoms. The van der Waals surface area contributed by atoms with Crippen molar-refractivity contribution >= 4 is 11.9 Å². The zero-order chi connectivity index (χ0) is 13.9. The predicted molar refractivity (Wildman–Crippen MR) is 65.3 cm³/mol. The summed E-state index contributed by atoms with van der Waals surface area (Å²) < 4.78 is 5.41. The van der Waals surface area contributed by atoms with Gasteiger partial charge in [0, 0.05) is 17.9 Å². The van der Waals surface area contributed by atoms with Crippen molar-refractivity contribution in [1.29, 1.82) is 0 Å². The number of carboxylic acid groups (broad SMARTS) is 2. The van der Waals surface area contributed by atoms with Crippen LogP contribution < -0.4 is 10.6 Å². The highest BCUT2D eigenvalue weighted by Gasteiger charge is 2.49. The lowest BCUT2D eigenvalue weighted by Gasteiger charge is -2.36. The molecule has 0 aliphatic carbocycles. The second-order valence-corrected chi connectivity index (χ2v) is 5.01. The van der Waals surface area contributed by atoms with Crippen molar-refractivity contribution in [2.75, 3.05) is 26.4 Å². The molecule has 0 aromatic carbocycles. The van der Waals surface area contributed by atoms with Crippen LogP contribution in [0.2, 0.25) is 0 Å². The SMILES string of the molecule is O=C(O)CC1COCC1(CC(=O)O)C1=CNCNC1. The minimum atomic E-state index is -0.938. The van der Waals surface area contributed by atoms with E-state index in [1.807, 2.05) is 0 Å². The molecule has 1 fully saturated rings. The van der Waals surface area contributed by atoms with E-state index in [1.54, 1.807) is 6.20 Å². The van der Waals surface area contributed by atoms with E-state index in [1.165, 1.54) is 0 Å². The van der Waals surface area contributed by atoms with E-state index in [0.717, 1.165) is 5.57 Å². The number of hydrogen-bond donors (Lipinski definition) is 4. The highest BCUT2D eigenvalue weighted by Crippen LogP contribution is 2.45. The van der Waals surface area contributed by atoms with Crippen molar-refractivity contribution in [3.63, 3.8) is 0 Å². The van der Waals surface area contributed by atoms with Crippen LogP contribution >= 0.6 is 0 Å². The van der Waals surface area contributed by atoms with Crippen molar-refractivity contribution in [3.05, 3.63) is 11.8 Å². The van der Waals surface area contributed by atoms with E-state index in [-0.39, 0.29) is 32.0 Å². The Balaban J connectivity index is 2.29. The average Bonchev–Trinajstić information content (AvgIpc) is 2.73. The number of carboxylic acids is 2. The van der Waals surface area contributed by atoms with Gasteiger partial charge in [-0.3, -0.25) is 14.9 Å². The van der Waals surface area contributed by atoms with Gasteiger partial charge in [0.15, 0.2) is 0 Å². The van der Waals surface area contributed by atoms with Crippen LogP contribution in [0.25, 0.3) is 0 Å². The number of hydrogen-bond acceptors (Lipinski definition) is 5. The van der Waals surface area contributed by atoms with Crippen molar-refractivity contribution < 1.29 is 24.5 Å². The monoisotopic (exact) mass is 270 g/mol. The van der Waals surface area contributed by atoms with Crippen LogP contribution in [0.3, 0.4) is 0 Å². The Morgan fingerprint density at radius 3 is 2.79 bits per heavy atom. The fraction of sp³-hybridized carbons (Fsp3) is 0.667. The van der Waals surface area contributed by atoms with Crippen LogP contribution in [-0.2, 0) is 14.3 Å². The Kier molecular flexibility index (Phi) is 4.06. The third-order valence-corrected chi connectivity index (χ3v) is 3.81.